The first-order valence-corrected chi connectivity index (χ1v) is 8.54. The molecule has 1 atom stereocenters. The Kier molecular flexibility index (Phi) is 6.24. The van der Waals surface area contributed by atoms with E-state index in [0.29, 0.717) is 18.9 Å². The van der Waals surface area contributed by atoms with Gasteiger partial charge in [0.1, 0.15) is 0 Å². The summed E-state index contributed by atoms with van der Waals surface area (Å²) < 4.78 is 0. The van der Waals surface area contributed by atoms with Crippen molar-refractivity contribution in [3.8, 4) is 0 Å². The van der Waals surface area contributed by atoms with Crippen molar-refractivity contribution in [3.63, 3.8) is 0 Å². The molecule has 0 aliphatic heterocycles. The van der Waals surface area contributed by atoms with Gasteiger partial charge >= 0.3 is 0 Å². The van der Waals surface area contributed by atoms with Crippen LogP contribution in [-0.2, 0) is 11.2 Å². The average molecular weight is 309 g/mol. The molecule has 0 fully saturated rings. The molecule has 0 radical (unpaired) electrons. The number of aliphatic hydroxyl groups is 1. The molecule has 0 saturated heterocycles. The molecular weight excluding hydrogens is 290 g/mol. The summed E-state index contributed by atoms with van der Waals surface area (Å²) in [4.78, 5) is 13.1. The number of aliphatic hydroxyl groups excluding tert-OH is 1. The van der Waals surface area contributed by atoms with Crippen molar-refractivity contribution < 1.29 is 9.90 Å². The summed E-state index contributed by atoms with van der Waals surface area (Å²) in [7, 11) is 0. The topological polar surface area (TPSA) is 49.3 Å². The summed E-state index contributed by atoms with van der Waals surface area (Å²) in [6.45, 7) is 0.844. The van der Waals surface area contributed by atoms with Gasteiger partial charge in [0, 0.05) is 18.0 Å². The molecule has 2 N–H and O–H groups in total. The molecule has 2 rings (SSSR count). The van der Waals surface area contributed by atoms with Gasteiger partial charge in [-0.3, -0.25) is 4.79 Å². The number of hydrogen-bond donors (Lipinski definition) is 2. The third kappa shape index (κ3) is 4.74. The highest BCUT2D eigenvalue weighted by molar-refractivity contribution is 7.10. The van der Waals surface area contributed by atoms with Crippen molar-refractivity contribution >= 4 is 28.6 Å². The third-order valence-electron chi connectivity index (χ3n) is 3.18. The number of thiophene rings is 2. The average Bonchev–Trinajstić information content (AvgIpc) is 3.10. The minimum atomic E-state index is 0.0670. The Bertz CT molecular complexity index is 494. The molecule has 0 aliphatic carbocycles. The fourth-order valence-corrected chi connectivity index (χ4v) is 3.70. The Morgan fingerprint density at radius 1 is 1.30 bits per heavy atom. The Morgan fingerprint density at radius 3 is 2.85 bits per heavy atom. The van der Waals surface area contributed by atoms with Crippen LogP contribution in [0.25, 0.3) is 0 Å². The van der Waals surface area contributed by atoms with E-state index in [0.717, 1.165) is 18.4 Å². The van der Waals surface area contributed by atoms with Gasteiger partial charge in [0.2, 0.25) is 5.91 Å². The van der Waals surface area contributed by atoms with Crippen LogP contribution in [0.4, 0.5) is 0 Å². The highest BCUT2D eigenvalue weighted by Crippen LogP contribution is 2.26. The third-order valence-corrected chi connectivity index (χ3v) is 4.95. The Morgan fingerprint density at radius 2 is 2.20 bits per heavy atom. The second-order valence-electron chi connectivity index (χ2n) is 4.67. The van der Waals surface area contributed by atoms with Crippen LogP contribution in [0.2, 0.25) is 0 Å². The van der Waals surface area contributed by atoms with E-state index in [1.54, 1.807) is 22.7 Å². The fraction of sp³-hybridized carbons (Fsp3) is 0.400. The predicted octanol–water partition coefficient (Wildman–Crippen LogP) is 3.02. The molecule has 2 aromatic rings. The van der Waals surface area contributed by atoms with E-state index in [-0.39, 0.29) is 12.5 Å². The van der Waals surface area contributed by atoms with E-state index in [2.05, 4.69) is 16.8 Å². The van der Waals surface area contributed by atoms with Crippen molar-refractivity contribution in [2.45, 2.75) is 25.2 Å². The molecule has 2 aromatic heterocycles. The molecule has 0 aliphatic rings. The van der Waals surface area contributed by atoms with Gasteiger partial charge in [-0.05, 0) is 52.6 Å². The first-order chi connectivity index (χ1) is 9.79. The molecular formula is C15H19NO2S2. The lowest BCUT2D eigenvalue weighted by Crippen LogP contribution is -2.27. The monoisotopic (exact) mass is 309 g/mol. The van der Waals surface area contributed by atoms with Crippen molar-refractivity contribution in [1.82, 2.24) is 5.32 Å². The summed E-state index contributed by atoms with van der Waals surface area (Å²) in [5, 5.41) is 18.1. The smallest absolute Gasteiger partial charge is 0.224 e. The minimum absolute atomic E-state index is 0.0670. The maximum absolute atomic E-state index is 11.8. The second kappa shape index (κ2) is 8.19. The van der Waals surface area contributed by atoms with Crippen molar-refractivity contribution in [2.24, 2.45) is 0 Å². The van der Waals surface area contributed by atoms with E-state index >= 15 is 0 Å². The normalized spacial score (nSPS) is 12.2. The predicted molar refractivity (Wildman–Crippen MR) is 84.4 cm³/mol. The van der Waals surface area contributed by atoms with Crippen LogP contribution < -0.4 is 5.32 Å². The quantitative estimate of drug-likeness (QED) is 0.787. The molecule has 1 unspecified atom stereocenters. The molecule has 0 saturated carbocycles. The number of amides is 1. The number of hydrogen-bond acceptors (Lipinski definition) is 4. The van der Waals surface area contributed by atoms with Crippen LogP contribution in [0.5, 0.6) is 0 Å². The summed E-state index contributed by atoms with van der Waals surface area (Å²) in [6, 6.07) is 6.10. The van der Waals surface area contributed by atoms with Gasteiger partial charge in [-0.1, -0.05) is 6.07 Å². The van der Waals surface area contributed by atoms with Crippen LogP contribution >= 0.6 is 22.7 Å². The molecule has 3 nitrogen and oxygen atoms in total. The van der Waals surface area contributed by atoms with Crippen molar-refractivity contribution in [2.75, 3.05) is 13.2 Å². The van der Waals surface area contributed by atoms with E-state index in [4.69, 9.17) is 5.11 Å². The lowest BCUT2D eigenvalue weighted by Gasteiger charge is -2.14. The number of carbonyl (C=O) groups excluding carboxylic acids is 1. The van der Waals surface area contributed by atoms with Crippen molar-refractivity contribution in [1.29, 1.82) is 0 Å². The Hall–Kier alpha value is -1.17. The zero-order chi connectivity index (χ0) is 14.2. The molecule has 0 aromatic carbocycles. The summed E-state index contributed by atoms with van der Waals surface area (Å²) in [5.41, 5.74) is 1.07. The summed E-state index contributed by atoms with van der Waals surface area (Å²) >= 11 is 3.32. The van der Waals surface area contributed by atoms with Gasteiger partial charge in [0.05, 0.1) is 6.42 Å². The molecule has 5 heteroatoms. The summed E-state index contributed by atoms with van der Waals surface area (Å²) in [6.07, 6.45) is 2.07. The zero-order valence-corrected chi connectivity index (χ0v) is 12.9. The van der Waals surface area contributed by atoms with Crippen LogP contribution in [0.15, 0.2) is 34.3 Å². The van der Waals surface area contributed by atoms with E-state index < -0.39 is 0 Å². The summed E-state index contributed by atoms with van der Waals surface area (Å²) in [5.74, 6) is 0.402. The number of rotatable bonds is 8. The highest BCUT2D eigenvalue weighted by Gasteiger charge is 2.12. The largest absolute Gasteiger partial charge is 0.396 e. The maximum atomic E-state index is 11.8. The van der Waals surface area contributed by atoms with Crippen LogP contribution in [0.1, 0.15) is 29.2 Å². The van der Waals surface area contributed by atoms with Gasteiger partial charge in [0.15, 0.2) is 0 Å². The molecule has 0 bridgehead atoms. The Balaban J connectivity index is 1.74. The van der Waals surface area contributed by atoms with E-state index in [1.165, 1.54) is 4.88 Å². The second-order valence-corrected chi connectivity index (χ2v) is 6.43. The number of nitrogens with one attached hydrogen (secondary N) is 1. The fourth-order valence-electron chi connectivity index (χ4n) is 2.14. The minimum Gasteiger partial charge on any atom is -0.396 e. The van der Waals surface area contributed by atoms with Gasteiger partial charge in [-0.15, -0.1) is 11.3 Å². The highest BCUT2D eigenvalue weighted by atomic mass is 32.1. The lowest BCUT2D eigenvalue weighted by molar-refractivity contribution is -0.120. The molecule has 0 spiro atoms. The van der Waals surface area contributed by atoms with Gasteiger partial charge in [0.25, 0.3) is 0 Å². The van der Waals surface area contributed by atoms with E-state index in [1.807, 2.05) is 22.9 Å². The van der Waals surface area contributed by atoms with E-state index in [9.17, 15) is 4.79 Å². The molecule has 2 heterocycles. The van der Waals surface area contributed by atoms with Gasteiger partial charge < -0.3 is 10.4 Å². The van der Waals surface area contributed by atoms with Gasteiger partial charge in [-0.2, -0.15) is 11.3 Å². The Labute approximate surface area is 127 Å². The maximum Gasteiger partial charge on any atom is 0.224 e. The van der Waals surface area contributed by atoms with Crippen LogP contribution in [-0.4, -0.2) is 24.2 Å². The molecule has 1 amide bonds. The number of carbonyl (C=O) groups is 1. The van der Waals surface area contributed by atoms with Gasteiger partial charge in [-0.25, -0.2) is 0 Å². The first-order valence-electron chi connectivity index (χ1n) is 6.71. The van der Waals surface area contributed by atoms with Crippen molar-refractivity contribution in [3.05, 3.63) is 44.8 Å². The first kappa shape index (κ1) is 15.2. The zero-order valence-electron chi connectivity index (χ0n) is 11.2. The molecule has 20 heavy (non-hydrogen) atoms. The lowest BCUT2D eigenvalue weighted by atomic mass is 10.00. The molecule has 108 valence electrons. The SMILES string of the molecule is O=C(Cc1ccsc1)NCCC(CCO)c1cccs1. The van der Waals surface area contributed by atoms with Crippen LogP contribution in [0, 0.1) is 0 Å². The standard InChI is InChI=1S/C15H19NO2S2/c17-7-4-13(14-2-1-8-20-14)3-6-16-15(18)10-12-5-9-19-11-12/h1-2,5,8-9,11,13,17H,3-4,6-7,10H2,(H,16,18). The van der Waals surface area contributed by atoms with Crippen LogP contribution in [0.3, 0.4) is 0 Å².